The summed E-state index contributed by atoms with van der Waals surface area (Å²) >= 11 is 0. The van der Waals surface area contributed by atoms with Crippen LogP contribution in [0.5, 0.6) is 0 Å². The zero-order valence-electron chi connectivity index (χ0n) is 9.81. The van der Waals surface area contributed by atoms with Gasteiger partial charge in [0.15, 0.2) is 0 Å². The topological polar surface area (TPSA) is 111 Å². The Morgan fingerprint density at radius 3 is 2.47 bits per heavy atom. The normalized spacial score (nSPS) is 10.1. The number of nitrogens with zero attached hydrogens (tertiary/aromatic N) is 1. The molecule has 0 aliphatic rings. The number of ether oxygens (including phenoxy) is 1. The first-order valence-electron chi connectivity index (χ1n) is 5.19. The van der Waals surface area contributed by atoms with Gasteiger partial charge in [-0.15, -0.1) is 0 Å². The van der Waals surface area contributed by atoms with Crippen LogP contribution in [0, 0.1) is 0 Å². The Morgan fingerprint density at radius 2 is 1.94 bits per heavy atom. The Labute approximate surface area is 99.5 Å². The number of aliphatic hydroxyl groups excluding tert-OH is 2. The Kier molecular flexibility index (Phi) is 9.02. The maximum absolute atomic E-state index is 11.0. The minimum Gasteiger partial charge on any atom is -0.465 e. The summed E-state index contributed by atoms with van der Waals surface area (Å²) in [4.78, 5) is 23.2. The standard InChI is InChI=1S/C9H19N3O5/c1-8(15)17-5-3-12(2-4-13)6-10-9(16)11-7-14/h13-14H,2-7H2,1H3,(H2,10,11,16). The molecule has 0 saturated heterocycles. The molecule has 0 spiro atoms. The van der Waals surface area contributed by atoms with Gasteiger partial charge in [-0.2, -0.15) is 0 Å². The van der Waals surface area contributed by atoms with Crippen LogP contribution in [0.15, 0.2) is 0 Å². The van der Waals surface area contributed by atoms with Crippen molar-refractivity contribution in [2.24, 2.45) is 0 Å². The average molecular weight is 249 g/mol. The fourth-order valence-electron chi connectivity index (χ4n) is 1.05. The highest BCUT2D eigenvalue weighted by Crippen LogP contribution is 1.87. The third-order valence-electron chi connectivity index (χ3n) is 1.83. The first kappa shape index (κ1) is 15.6. The molecule has 0 aromatic carbocycles. The van der Waals surface area contributed by atoms with Crippen LogP contribution in [0.25, 0.3) is 0 Å². The van der Waals surface area contributed by atoms with Gasteiger partial charge in [-0.1, -0.05) is 0 Å². The molecule has 0 radical (unpaired) electrons. The van der Waals surface area contributed by atoms with Crippen molar-refractivity contribution in [2.45, 2.75) is 6.92 Å². The third kappa shape index (κ3) is 9.54. The van der Waals surface area contributed by atoms with Crippen LogP contribution in [0.3, 0.4) is 0 Å². The van der Waals surface area contributed by atoms with E-state index in [4.69, 9.17) is 14.9 Å². The van der Waals surface area contributed by atoms with Gasteiger partial charge in [0, 0.05) is 20.0 Å². The van der Waals surface area contributed by atoms with Gasteiger partial charge in [-0.05, 0) is 0 Å². The van der Waals surface area contributed by atoms with Crippen LogP contribution in [0.2, 0.25) is 0 Å². The second-order valence-electron chi connectivity index (χ2n) is 3.18. The van der Waals surface area contributed by atoms with Gasteiger partial charge in [0.25, 0.3) is 0 Å². The first-order chi connectivity index (χ1) is 8.10. The summed E-state index contributed by atoms with van der Waals surface area (Å²) in [5, 5.41) is 21.8. The smallest absolute Gasteiger partial charge is 0.317 e. The summed E-state index contributed by atoms with van der Waals surface area (Å²) in [6.07, 6.45) is 0. The molecule has 0 aliphatic carbocycles. The van der Waals surface area contributed by atoms with Gasteiger partial charge in [0.1, 0.15) is 13.3 Å². The molecule has 0 fully saturated rings. The van der Waals surface area contributed by atoms with E-state index in [1.807, 2.05) is 0 Å². The highest BCUT2D eigenvalue weighted by molar-refractivity contribution is 5.73. The quantitative estimate of drug-likeness (QED) is 0.294. The predicted octanol–water partition coefficient (Wildman–Crippen LogP) is -1.95. The second-order valence-corrected chi connectivity index (χ2v) is 3.18. The number of carbonyl (C=O) groups is 2. The molecule has 0 unspecified atom stereocenters. The molecule has 0 bridgehead atoms. The van der Waals surface area contributed by atoms with E-state index >= 15 is 0 Å². The number of urea groups is 1. The minimum atomic E-state index is -0.511. The van der Waals surface area contributed by atoms with Crippen molar-refractivity contribution < 1.29 is 24.5 Å². The summed E-state index contributed by atoms with van der Waals surface area (Å²) < 4.78 is 4.74. The van der Waals surface area contributed by atoms with E-state index in [1.165, 1.54) is 6.92 Å². The highest BCUT2D eigenvalue weighted by Gasteiger charge is 2.06. The number of rotatable bonds is 8. The van der Waals surface area contributed by atoms with Crippen LogP contribution in [0.4, 0.5) is 4.79 Å². The number of amides is 2. The molecular weight excluding hydrogens is 230 g/mol. The molecule has 0 aromatic rings. The van der Waals surface area contributed by atoms with Gasteiger partial charge < -0.3 is 25.6 Å². The van der Waals surface area contributed by atoms with E-state index in [2.05, 4.69) is 10.6 Å². The number of aliphatic hydroxyl groups is 2. The predicted molar refractivity (Wildman–Crippen MR) is 58.9 cm³/mol. The summed E-state index contributed by atoms with van der Waals surface area (Å²) in [6, 6.07) is -0.511. The number of esters is 1. The van der Waals surface area contributed by atoms with Gasteiger partial charge in [-0.3, -0.25) is 9.69 Å². The molecule has 0 heterocycles. The number of carbonyl (C=O) groups excluding carboxylic acids is 2. The SMILES string of the molecule is CC(=O)OCCN(CCO)CNC(=O)NCO. The Morgan fingerprint density at radius 1 is 1.24 bits per heavy atom. The molecule has 100 valence electrons. The van der Waals surface area contributed by atoms with Crippen molar-refractivity contribution in [1.29, 1.82) is 0 Å². The largest absolute Gasteiger partial charge is 0.465 e. The molecule has 0 rings (SSSR count). The Bertz CT molecular complexity index is 237. The maximum atomic E-state index is 11.0. The van der Waals surface area contributed by atoms with Gasteiger partial charge in [-0.25, -0.2) is 4.79 Å². The average Bonchev–Trinajstić information content (AvgIpc) is 2.26. The van der Waals surface area contributed by atoms with Crippen molar-refractivity contribution in [2.75, 3.05) is 39.7 Å². The molecule has 0 aromatic heterocycles. The van der Waals surface area contributed by atoms with Crippen molar-refractivity contribution >= 4 is 12.0 Å². The lowest BCUT2D eigenvalue weighted by molar-refractivity contribution is -0.141. The lowest BCUT2D eigenvalue weighted by Gasteiger charge is -2.21. The van der Waals surface area contributed by atoms with Crippen LogP contribution >= 0.6 is 0 Å². The molecule has 0 atom stereocenters. The van der Waals surface area contributed by atoms with E-state index in [-0.39, 0.29) is 25.9 Å². The molecule has 17 heavy (non-hydrogen) atoms. The zero-order valence-corrected chi connectivity index (χ0v) is 9.81. The lowest BCUT2D eigenvalue weighted by atomic mass is 10.5. The molecular formula is C9H19N3O5. The zero-order chi connectivity index (χ0) is 13.1. The van der Waals surface area contributed by atoms with Crippen molar-refractivity contribution in [3.05, 3.63) is 0 Å². The Balaban J connectivity index is 3.80. The van der Waals surface area contributed by atoms with Crippen molar-refractivity contribution in [3.63, 3.8) is 0 Å². The number of hydrogen-bond acceptors (Lipinski definition) is 6. The molecule has 0 aliphatic heterocycles. The first-order valence-corrected chi connectivity index (χ1v) is 5.19. The fraction of sp³-hybridized carbons (Fsp3) is 0.778. The second kappa shape index (κ2) is 9.82. The van der Waals surface area contributed by atoms with Crippen LogP contribution in [0.1, 0.15) is 6.92 Å². The molecule has 8 heteroatoms. The molecule has 4 N–H and O–H groups in total. The summed E-state index contributed by atoms with van der Waals surface area (Å²) in [5.41, 5.74) is 0. The van der Waals surface area contributed by atoms with Crippen LogP contribution in [-0.4, -0.2) is 66.8 Å². The highest BCUT2D eigenvalue weighted by atomic mass is 16.5. The minimum absolute atomic E-state index is 0.0661. The van der Waals surface area contributed by atoms with Crippen molar-refractivity contribution in [3.8, 4) is 0 Å². The Hall–Kier alpha value is -1.38. The van der Waals surface area contributed by atoms with E-state index in [1.54, 1.807) is 4.90 Å². The molecule has 8 nitrogen and oxygen atoms in total. The van der Waals surface area contributed by atoms with E-state index < -0.39 is 12.8 Å². The van der Waals surface area contributed by atoms with E-state index in [0.717, 1.165) is 0 Å². The van der Waals surface area contributed by atoms with Crippen LogP contribution in [-0.2, 0) is 9.53 Å². The third-order valence-corrected chi connectivity index (χ3v) is 1.83. The van der Waals surface area contributed by atoms with Gasteiger partial charge in [0.05, 0.1) is 13.3 Å². The summed E-state index contributed by atoms with van der Waals surface area (Å²) in [5.74, 6) is -0.375. The van der Waals surface area contributed by atoms with Crippen molar-refractivity contribution in [1.82, 2.24) is 15.5 Å². The fourth-order valence-corrected chi connectivity index (χ4v) is 1.05. The monoisotopic (exact) mass is 249 g/mol. The maximum Gasteiger partial charge on any atom is 0.317 e. The number of hydrogen-bond donors (Lipinski definition) is 4. The number of nitrogens with one attached hydrogen (secondary N) is 2. The van der Waals surface area contributed by atoms with Gasteiger partial charge >= 0.3 is 12.0 Å². The summed E-state index contributed by atoms with van der Waals surface area (Å²) in [7, 11) is 0. The molecule has 2 amide bonds. The van der Waals surface area contributed by atoms with E-state index in [0.29, 0.717) is 13.1 Å². The van der Waals surface area contributed by atoms with Gasteiger partial charge in [0.2, 0.25) is 0 Å². The molecule has 0 saturated carbocycles. The van der Waals surface area contributed by atoms with E-state index in [9.17, 15) is 9.59 Å². The lowest BCUT2D eigenvalue weighted by Crippen LogP contribution is -2.44. The summed E-state index contributed by atoms with van der Waals surface area (Å²) in [6.45, 7) is 1.93. The van der Waals surface area contributed by atoms with Crippen LogP contribution < -0.4 is 10.6 Å².